The number of nitrogens with zero attached hydrogens (tertiary/aromatic N) is 3. The van der Waals surface area contributed by atoms with Crippen molar-refractivity contribution in [3.8, 4) is 0 Å². The van der Waals surface area contributed by atoms with Crippen LogP contribution in [0.15, 0.2) is 30.6 Å². The van der Waals surface area contributed by atoms with Crippen molar-refractivity contribution in [1.29, 1.82) is 0 Å². The lowest BCUT2D eigenvalue weighted by Crippen LogP contribution is -2.26. The first-order valence-electron chi connectivity index (χ1n) is 12.1. The SMILES string of the molecule is Cc1ccc(Nc2c(C(=O)NOCC3CC3)cc3c(ncn3CCCCCN(C)C)c2F)c(Cl)c1. The molecule has 1 heterocycles. The Kier molecular flexibility index (Phi) is 8.26. The topological polar surface area (TPSA) is 71.4 Å². The molecule has 1 aliphatic rings. The van der Waals surface area contributed by atoms with Gasteiger partial charge in [0, 0.05) is 6.54 Å². The second-order valence-corrected chi connectivity index (χ2v) is 9.98. The van der Waals surface area contributed by atoms with Crippen molar-refractivity contribution >= 4 is 39.9 Å². The molecule has 7 nitrogen and oxygen atoms in total. The number of fused-ring (bicyclic) bond motifs is 1. The first-order valence-corrected chi connectivity index (χ1v) is 12.5. The zero-order chi connectivity index (χ0) is 24.9. The molecule has 4 rings (SSSR count). The number of aromatic nitrogens is 2. The van der Waals surface area contributed by atoms with Gasteiger partial charge in [0.1, 0.15) is 5.52 Å². The average molecular weight is 502 g/mol. The lowest BCUT2D eigenvalue weighted by molar-refractivity contribution is 0.0271. The van der Waals surface area contributed by atoms with Gasteiger partial charge >= 0.3 is 0 Å². The summed E-state index contributed by atoms with van der Waals surface area (Å²) in [5.41, 5.74) is 4.90. The highest BCUT2D eigenvalue weighted by molar-refractivity contribution is 6.33. The van der Waals surface area contributed by atoms with Crippen LogP contribution in [-0.4, -0.2) is 47.6 Å². The van der Waals surface area contributed by atoms with Crippen molar-refractivity contribution in [2.45, 2.75) is 45.6 Å². The average Bonchev–Trinajstić information content (AvgIpc) is 3.54. The molecular weight excluding hydrogens is 469 g/mol. The largest absolute Gasteiger partial charge is 0.351 e. The molecule has 2 aromatic carbocycles. The van der Waals surface area contributed by atoms with E-state index < -0.39 is 11.7 Å². The number of rotatable bonds is 12. The maximum Gasteiger partial charge on any atom is 0.277 e. The highest BCUT2D eigenvalue weighted by Crippen LogP contribution is 2.34. The second kappa shape index (κ2) is 11.4. The fraction of sp³-hybridized carbons (Fsp3) is 0.462. The van der Waals surface area contributed by atoms with Crippen LogP contribution in [0.25, 0.3) is 11.0 Å². The molecule has 2 N–H and O–H groups in total. The van der Waals surface area contributed by atoms with Crippen LogP contribution in [0, 0.1) is 18.7 Å². The Labute approximate surface area is 210 Å². The molecule has 0 radical (unpaired) electrons. The Hall–Kier alpha value is -2.68. The quantitative estimate of drug-likeness (QED) is 0.246. The number of carbonyl (C=O) groups is 1. The Morgan fingerprint density at radius 3 is 2.77 bits per heavy atom. The van der Waals surface area contributed by atoms with E-state index in [9.17, 15) is 4.79 Å². The highest BCUT2D eigenvalue weighted by atomic mass is 35.5. The summed E-state index contributed by atoms with van der Waals surface area (Å²) in [5.74, 6) is -0.638. The number of aryl methyl sites for hydroxylation is 2. The number of benzene rings is 2. The highest BCUT2D eigenvalue weighted by Gasteiger charge is 2.25. The van der Waals surface area contributed by atoms with Gasteiger partial charge in [-0.15, -0.1) is 0 Å². The van der Waals surface area contributed by atoms with E-state index in [0.717, 1.165) is 44.2 Å². The second-order valence-electron chi connectivity index (χ2n) is 9.58. The van der Waals surface area contributed by atoms with Crippen LogP contribution in [0.5, 0.6) is 0 Å². The minimum Gasteiger partial charge on any atom is -0.351 e. The molecule has 3 aromatic rings. The van der Waals surface area contributed by atoms with Gasteiger partial charge in [-0.1, -0.05) is 24.1 Å². The van der Waals surface area contributed by atoms with Gasteiger partial charge < -0.3 is 14.8 Å². The van der Waals surface area contributed by atoms with Gasteiger partial charge in [0.2, 0.25) is 0 Å². The predicted molar refractivity (Wildman–Crippen MR) is 138 cm³/mol. The molecule has 1 aromatic heterocycles. The van der Waals surface area contributed by atoms with Crippen LogP contribution >= 0.6 is 11.6 Å². The Bertz CT molecular complexity index is 1190. The number of carbonyl (C=O) groups excluding carboxylic acids is 1. The van der Waals surface area contributed by atoms with Crippen LogP contribution in [0.1, 0.15) is 48.0 Å². The van der Waals surface area contributed by atoms with Gasteiger partial charge in [0.25, 0.3) is 5.91 Å². The predicted octanol–water partition coefficient (Wildman–Crippen LogP) is 5.68. The van der Waals surface area contributed by atoms with Crippen molar-refractivity contribution in [3.05, 3.63) is 52.6 Å². The summed E-state index contributed by atoms with van der Waals surface area (Å²) in [5, 5.41) is 3.46. The van der Waals surface area contributed by atoms with Crippen LogP contribution in [0.4, 0.5) is 15.8 Å². The maximum atomic E-state index is 15.8. The molecule has 0 aliphatic heterocycles. The first-order chi connectivity index (χ1) is 16.8. The number of nitrogens with one attached hydrogen (secondary N) is 2. The number of amides is 1. The van der Waals surface area contributed by atoms with Crippen molar-refractivity contribution in [3.63, 3.8) is 0 Å². The fourth-order valence-electron chi connectivity index (χ4n) is 3.94. The van der Waals surface area contributed by atoms with Gasteiger partial charge in [-0.3, -0.25) is 9.63 Å². The summed E-state index contributed by atoms with van der Waals surface area (Å²) in [4.78, 5) is 25.0. The third kappa shape index (κ3) is 6.51. The monoisotopic (exact) mass is 501 g/mol. The number of hydrogen-bond donors (Lipinski definition) is 2. The Morgan fingerprint density at radius 2 is 2.06 bits per heavy atom. The molecule has 0 atom stereocenters. The summed E-state index contributed by atoms with van der Waals surface area (Å²) < 4.78 is 17.7. The van der Waals surface area contributed by atoms with Gasteiger partial charge in [-0.2, -0.15) is 0 Å². The summed E-state index contributed by atoms with van der Waals surface area (Å²) >= 11 is 6.38. The summed E-state index contributed by atoms with van der Waals surface area (Å²) in [6.45, 7) is 4.10. The number of hydroxylamine groups is 1. The van der Waals surface area contributed by atoms with Gasteiger partial charge in [0.15, 0.2) is 5.82 Å². The zero-order valence-electron chi connectivity index (χ0n) is 20.5. The molecule has 1 aliphatic carbocycles. The number of halogens is 2. The van der Waals surface area contributed by atoms with Crippen molar-refractivity contribution in [1.82, 2.24) is 19.9 Å². The molecule has 9 heteroatoms. The molecule has 0 saturated heterocycles. The molecule has 1 fully saturated rings. The molecule has 0 bridgehead atoms. The number of anilines is 2. The van der Waals surface area contributed by atoms with Crippen molar-refractivity contribution in [2.24, 2.45) is 5.92 Å². The smallest absolute Gasteiger partial charge is 0.277 e. The number of hydrogen-bond acceptors (Lipinski definition) is 5. The van der Waals surface area contributed by atoms with Crippen LogP contribution in [0.2, 0.25) is 5.02 Å². The molecule has 0 spiro atoms. The summed E-state index contributed by atoms with van der Waals surface area (Å²) in [6, 6.07) is 7.09. The lowest BCUT2D eigenvalue weighted by Gasteiger charge is -2.16. The molecule has 0 unspecified atom stereocenters. The molecule has 35 heavy (non-hydrogen) atoms. The number of imidazole rings is 1. The van der Waals surface area contributed by atoms with Crippen LogP contribution < -0.4 is 10.8 Å². The van der Waals surface area contributed by atoms with Crippen molar-refractivity contribution < 1.29 is 14.0 Å². The van der Waals surface area contributed by atoms with E-state index in [1.54, 1.807) is 24.5 Å². The third-order valence-corrected chi connectivity index (χ3v) is 6.48. The van der Waals surface area contributed by atoms with E-state index in [4.69, 9.17) is 16.4 Å². The standard InChI is InChI=1S/C26H33ClFN5O2/c1-17-7-10-21(20(27)13-17)30-24-19(26(34)31-35-15-18-8-9-18)14-22-25(23(24)28)29-16-33(22)12-6-4-5-11-32(2)3/h7,10,13-14,16,18,30H,4-6,8-9,11-12,15H2,1-3H3,(H,31,34). The molecular formula is C26H33ClFN5O2. The third-order valence-electron chi connectivity index (χ3n) is 6.17. The van der Waals surface area contributed by atoms with E-state index in [2.05, 4.69) is 34.8 Å². The lowest BCUT2D eigenvalue weighted by atomic mass is 10.1. The Morgan fingerprint density at radius 1 is 1.26 bits per heavy atom. The van der Waals surface area contributed by atoms with Gasteiger partial charge in [-0.25, -0.2) is 14.9 Å². The molecule has 188 valence electrons. The van der Waals surface area contributed by atoms with Crippen LogP contribution in [0.3, 0.4) is 0 Å². The van der Waals surface area contributed by atoms with Gasteiger partial charge in [0.05, 0.1) is 40.4 Å². The van der Waals surface area contributed by atoms with Gasteiger partial charge in [-0.05, 0) is 82.9 Å². The summed E-state index contributed by atoms with van der Waals surface area (Å²) in [7, 11) is 4.12. The normalized spacial score (nSPS) is 13.5. The number of unbranched alkanes of at least 4 members (excludes halogenated alkanes) is 2. The zero-order valence-corrected chi connectivity index (χ0v) is 21.3. The first kappa shape index (κ1) is 25.4. The summed E-state index contributed by atoms with van der Waals surface area (Å²) in [6.07, 6.45) is 6.91. The van der Waals surface area contributed by atoms with E-state index in [1.165, 1.54) is 0 Å². The van der Waals surface area contributed by atoms with Crippen molar-refractivity contribution in [2.75, 3.05) is 32.6 Å². The van der Waals surface area contributed by atoms with E-state index >= 15 is 4.39 Å². The minimum absolute atomic E-state index is 0.0204. The van der Waals surface area contributed by atoms with E-state index in [1.807, 2.05) is 17.6 Å². The van der Waals surface area contributed by atoms with Crippen LogP contribution in [-0.2, 0) is 11.4 Å². The van der Waals surface area contributed by atoms with E-state index in [0.29, 0.717) is 35.3 Å². The maximum absolute atomic E-state index is 15.8. The Balaban J connectivity index is 1.62. The molecule has 1 saturated carbocycles. The fourth-order valence-corrected chi connectivity index (χ4v) is 4.23. The van der Waals surface area contributed by atoms with E-state index in [-0.39, 0.29) is 16.8 Å². The minimum atomic E-state index is -0.599. The molecule has 1 amide bonds.